The highest BCUT2D eigenvalue weighted by Gasteiger charge is 2.24. The van der Waals surface area contributed by atoms with Gasteiger partial charge in [-0.15, -0.1) is 0 Å². The van der Waals surface area contributed by atoms with E-state index in [2.05, 4.69) is 22.2 Å². The van der Waals surface area contributed by atoms with Crippen molar-refractivity contribution in [3.63, 3.8) is 0 Å². The first kappa shape index (κ1) is 24.7. The predicted molar refractivity (Wildman–Crippen MR) is 138 cm³/mol. The highest BCUT2D eigenvalue weighted by molar-refractivity contribution is 6.43. The number of nitrogens with zero attached hydrogens (tertiary/aromatic N) is 1. The molecule has 2 N–H and O–H groups in total. The van der Waals surface area contributed by atoms with Crippen molar-refractivity contribution in [2.75, 3.05) is 5.32 Å². The zero-order valence-corrected chi connectivity index (χ0v) is 20.0. The second-order valence-electron chi connectivity index (χ2n) is 8.65. The van der Waals surface area contributed by atoms with Gasteiger partial charge in [0.05, 0.1) is 12.0 Å². The van der Waals surface area contributed by atoms with E-state index in [1.165, 1.54) is 18.3 Å². The fourth-order valence-electron chi connectivity index (χ4n) is 3.95. The van der Waals surface area contributed by atoms with Gasteiger partial charge in [-0.1, -0.05) is 50.1 Å². The number of carbonyl (C=O) groups is 4. The second kappa shape index (κ2) is 11.4. The first-order valence-electron chi connectivity index (χ1n) is 12.0. The van der Waals surface area contributed by atoms with Crippen LogP contribution in [0, 0.1) is 0 Å². The standard InChI is InChI=1S/C29H27N3O4/c1-2-3-5-10-28(36)31-21-13-11-20(12-14-21)25(33)15-22-18-30-29(32-22)24-17-26(34)23(16-27(24)35)19-8-6-4-7-9-19/h4,6-9,11-14,16-18H,2-3,5,10,15H2,1H3,(H,30,32)(H,31,36). The molecule has 1 aliphatic rings. The van der Waals surface area contributed by atoms with E-state index in [-0.39, 0.29) is 41.1 Å². The van der Waals surface area contributed by atoms with Gasteiger partial charge in [0, 0.05) is 41.2 Å². The largest absolute Gasteiger partial charge is 0.341 e. The third-order valence-electron chi connectivity index (χ3n) is 5.90. The number of anilines is 1. The van der Waals surface area contributed by atoms with Crippen LogP contribution in [0.15, 0.2) is 72.9 Å². The number of allylic oxidation sites excluding steroid dienone is 4. The lowest BCUT2D eigenvalue weighted by molar-refractivity contribution is -0.116. The number of H-pyrrole nitrogens is 1. The van der Waals surface area contributed by atoms with E-state index in [1.54, 1.807) is 48.5 Å². The van der Waals surface area contributed by atoms with Crippen molar-refractivity contribution >= 4 is 40.1 Å². The third-order valence-corrected chi connectivity index (χ3v) is 5.90. The van der Waals surface area contributed by atoms with Gasteiger partial charge in [0.15, 0.2) is 17.3 Å². The zero-order valence-electron chi connectivity index (χ0n) is 20.0. The van der Waals surface area contributed by atoms with Crippen LogP contribution in [0.4, 0.5) is 5.69 Å². The topological polar surface area (TPSA) is 109 Å². The van der Waals surface area contributed by atoms with Gasteiger partial charge < -0.3 is 10.3 Å². The summed E-state index contributed by atoms with van der Waals surface area (Å²) in [6, 6.07) is 15.8. The summed E-state index contributed by atoms with van der Waals surface area (Å²) in [6.07, 6.45) is 7.55. The van der Waals surface area contributed by atoms with Crippen molar-refractivity contribution in [3.05, 3.63) is 95.6 Å². The summed E-state index contributed by atoms with van der Waals surface area (Å²) in [5.41, 5.74) is 2.85. The van der Waals surface area contributed by atoms with Crippen LogP contribution in [0.3, 0.4) is 0 Å². The SMILES string of the molecule is CCCCCC(=O)Nc1ccc(C(=O)Cc2cnc(C3=CC(=O)C(c4ccccc4)=CC3=O)[nH]2)cc1. The van der Waals surface area contributed by atoms with Gasteiger partial charge in [-0.05, 0) is 42.3 Å². The highest BCUT2D eigenvalue weighted by Crippen LogP contribution is 2.25. The maximum Gasteiger partial charge on any atom is 0.224 e. The summed E-state index contributed by atoms with van der Waals surface area (Å²) in [5, 5.41) is 2.84. The van der Waals surface area contributed by atoms with Crippen molar-refractivity contribution in [2.45, 2.75) is 39.0 Å². The van der Waals surface area contributed by atoms with Crippen molar-refractivity contribution in [1.29, 1.82) is 0 Å². The van der Waals surface area contributed by atoms with Gasteiger partial charge in [-0.25, -0.2) is 4.98 Å². The quantitative estimate of drug-likeness (QED) is 0.241. The Balaban J connectivity index is 1.38. The summed E-state index contributed by atoms with van der Waals surface area (Å²) in [4.78, 5) is 57.3. The fourth-order valence-corrected chi connectivity index (χ4v) is 3.95. The van der Waals surface area contributed by atoms with Gasteiger partial charge in [-0.2, -0.15) is 0 Å². The first-order valence-corrected chi connectivity index (χ1v) is 12.0. The lowest BCUT2D eigenvalue weighted by atomic mass is 9.92. The molecule has 1 heterocycles. The molecule has 0 unspecified atom stereocenters. The summed E-state index contributed by atoms with van der Waals surface area (Å²) in [7, 11) is 0. The van der Waals surface area contributed by atoms with Gasteiger partial charge >= 0.3 is 0 Å². The maximum absolute atomic E-state index is 12.7. The van der Waals surface area contributed by atoms with Crippen LogP contribution in [0.1, 0.15) is 60.0 Å². The zero-order chi connectivity index (χ0) is 25.5. The monoisotopic (exact) mass is 481 g/mol. The van der Waals surface area contributed by atoms with Crippen molar-refractivity contribution < 1.29 is 19.2 Å². The number of hydrogen-bond donors (Lipinski definition) is 2. The normalized spacial score (nSPS) is 13.2. The van der Waals surface area contributed by atoms with E-state index in [9.17, 15) is 19.2 Å². The summed E-state index contributed by atoms with van der Waals surface area (Å²) >= 11 is 0. The van der Waals surface area contributed by atoms with Crippen molar-refractivity contribution in [1.82, 2.24) is 9.97 Å². The molecular formula is C29H27N3O4. The third kappa shape index (κ3) is 5.99. The average molecular weight is 482 g/mol. The number of aromatic amines is 1. The summed E-state index contributed by atoms with van der Waals surface area (Å²) < 4.78 is 0. The number of rotatable bonds is 10. The molecule has 0 atom stereocenters. The van der Waals surface area contributed by atoms with E-state index in [0.717, 1.165) is 19.3 Å². The number of imidazole rings is 1. The molecule has 0 radical (unpaired) electrons. The number of nitrogens with one attached hydrogen (secondary N) is 2. The number of hydrogen-bond acceptors (Lipinski definition) is 5. The van der Waals surface area contributed by atoms with Crippen LogP contribution in [0.25, 0.3) is 11.1 Å². The van der Waals surface area contributed by atoms with Gasteiger partial charge in [0.25, 0.3) is 0 Å². The van der Waals surface area contributed by atoms with Gasteiger partial charge in [0.1, 0.15) is 5.82 Å². The van der Waals surface area contributed by atoms with Crippen LogP contribution in [-0.2, 0) is 20.8 Å². The summed E-state index contributed by atoms with van der Waals surface area (Å²) in [5.74, 6) is -0.531. The van der Waals surface area contributed by atoms with Gasteiger partial charge in [0.2, 0.25) is 5.91 Å². The minimum Gasteiger partial charge on any atom is -0.341 e. The number of Topliss-reactive ketones (excluding diaryl/α,β-unsaturated/α-hetero) is 1. The Labute approximate surface area is 209 Å². The van der Waals surface area contributed by atoms with Crippen molar-refractivity contribution in [2.24, 2.45) is 0 Å². The molecule has 0 aliphatic heterocycles. The Hall–Kier alpha value is -4.39. The van der Waals surface area contributed by atoms with E-state index in [1.807, 2.05) is 6.07 Å². The predicted octanol–water partition coefficient (Wildman–Crippen LogP) is 4.97. The number of unbranched alkanes of at least 4 members (excludes halogenated alkanes) is 2. The molecule has 0 bridgehead atoms. The van der Waals surface area contributed by atoms with E-state index in [4.69, 9.17) is 0 Å². The second-order valence-corrected chi connectivity index (χ2v) is 8.65. The lowest BCUT2D eigenvalue weighted by Crippen LogP contribution is -2.13. The lowest BCUT2D eigenvalue weighted by Gasteiger charge is -2.11. The Morgan fingerprint density at radius 2 is 1.58 bits per heavy atom. The molecule has 1 aliphatic carbocycles. The molecule has 7 heteroatoms. The van der Waals surface area contributed by atoms with E-state index < -0.39 is 0 Å². The molecule has 1 aromatic heterocycles. The average Bonchev–Trinajstić information content (AvgIpc) is 3.34. The summed E-state index contributed by atoms with van der Waals surface area (Å²) in [6.45, 7) is 2.09. The highest BCUT2D eigenvalue weighted by atomic mass is 16.2. The molecule has 0 saturated carbocycles. The Morgan fingerprint density at radius 1 is 0.889 bits per heavy atom. The number of amides is 1. The van der Waals surface area contributed by atoms with Gasteiger partial charge in [-0.3, -0.25) is 19.2 Å². The molecule has 7 nitrogen and oxygen atoms in total. The molecular weight excluding hydrogens is 454 g/mol. The van der Waals surface area contributed by atoms with E-state index in [0.29, 0.717) is 34.5 Å². The maximum atomic E-state index is 12.7. The molecule has 0 saturated heterocycles. The Morgan fingerprint density at radius 3 is 2.31 bits per heavy atom. The molecule has 182 valence electrons. The van der Waals surface area contributed by atoms with Crippen LogP contribution < -0.4 is 5.32 Å². The fraction of sp³-hybridized carbons (Fsp3) is 0.207. The number of aromatic nitrogens is 2. The smallest absolute Gasteiger partial charge is 0.224 e. The molecule has 3 aromatic rings. The van der Waals surface area contributed by atoms with E-state index >= 15 is 0 Å². The number of benzene rings is 2. The molecule has 4 rings (SSSR count). The number of ketones is 3. The molecule has 1 amide bonds. The van der Waals surface area contributed by atoms with Crippen LogP contribution in [0.2, 0.25) is 0 Å². The molecule has 0 fully saturated rings. The van der Waals surface area contributed by atoms with Crippen molar-refractivity contribution in [3.8, 4) is 0 Å². The first-order chi connectivity index (χ1) is 17.4. The van der Waals surface area contributed by atoms with Crippen LogP contribution >= 0.6 is 0 Å². The minimum atomic E-state index is -0.326. The Bertz CT molecular complexity index is 1350. The Kier molecular flexibility index (Phi) is 7.80. The minimum absolute atomic E-state index is 0.0386. The molecule has 0 spiro atoms. The van der Waals surface area contributed by atoms with Crippen LogP contribution in [-0.4, -0.2) is 33.2 Å². The van der Waals surface area contributed by atoms with Crippen LogP contribution in [0.5, 0.6) is 0 Å². The molecule has 36 heavy (non-hydrogen) atoms. The number of carbonyl (C=O) groups excluding carboxylic acids is 4. The molecule has 2 aromatic carbocycles.